The Hall–Kier alpha value is -5.46. The first-order chi connectivity index (χ1) is 21.9. The van der Waals surface area contributed by atoms with Crippen LogP contribution in [0.3, 0.4) is 0 Å². The van der Waals surface area contributed by atoms with Crippen molar-refractivity contribution in [3.05, 3.63) is 131 Å². The topological polar surface area (TPSA) is 158 Å². The minimum atomic E-state index is -3.85. The molecule has 0 spiro atoms. The molecular formula is C34H30N4O6S2. The quantitative estimate of drug-likeness (QED) is 0.0956. The van der Waals surface area contributed by atoms with Gasteiger partial charge in [0.15, 0.2) is 0 Å². The third kappa shape index (κ3) is 7.78. The van der Waals surface area contributed by atoms with E-state index in [4.69, 9.17) is 0 Å². The standard InChI is InChI=1S/C34H30N4O6S2/c1-23-7-13-29(14-8-23)45(41,42)37-27-11-17-33(39)25(19-27)21-35-31-5-3-4-6-32(31)36-22-26-20-28(12-18-34(26)40)38-46(43,44)30-15-9-24(2)10-16-30/h3-22,37-40H,1-2H3. The highest BCUT2D eigenvalue weighted by Crippen LogP contribution is 2.30. The molecule has 0 radical (unpaired) electrons. The van der Waals surface area contributed by atoms with E-state index >= 15 is 0 Å². The Kier molecular flexibility index (Phi) is 9.21. The molecule has 12 heteroatoms. The fourth-order valence-electron chi connectivity index (χ4n) is 4.27. The maximum Gasteiger partial charge on any atom is 0.261 e. The first kappa shape index (κ1) is 31.9. The second-order valence-electron chi connectivity index (χ2n) is 10.4. The summed E-state index contributed by atoms with van der Waals surface area (Å²) in [5, 5.41) is 20.9. The number of anilines is 2. The number of aryl methyl sites for hydroxylation is 2. The second kappa shape index (κ2) is 13.3. The van der Waals surface area contributed by atoms with Crippen molar-refractivity contribution in [2.75, 3.05) is 9.44 Å². The lowest BCUT2D eigenvalue weighted by Gasteiger charge is -2.10. The van der Waals surface area contributed by atoms with Crippen LogP contribution in [-0.4, -0.2) is 39.5 Å². The van der Waals surface area contributed by atoms with E-state index in [1.54, 1.807) is 48.5 Å². The van der Waals surface area contributed by atoms with E-state index in [-0.39, 0.29) is 43.8 Å². The predicted octanol–water partition coefficient (Wildman–Crippen LogP) is 6.82. The Balaban J connectivity index is 1.36. The summed E-state index contributed by atoms with van der Waals surface area (Å²) < 4.78 is 56.4. The van der Waals surface area contributed by atoms with Crippen LogP contribution in [0.1, 0.15) is 22.3 Å². The minimum Gasteiger partial charge on any atom is -0.507 e. The second-order valence-corrected chi connectivity index (χ2v) is 13.8. The zero-order valence-corrected chi connectivity index (χ0v) is 26.4. The molecule has 0 aliphatic heterocycles. The summed E-state index contributed by atoms with van der Waals surface area (Å²) in [4.78, 5) is 9.12. The molecule has 0 saturated heterocycles. The maximum absolute atomic E-state index is 12.8. The smallest absolute Gasteiger partial charge is 0.261 e. The fraction of sp³-hybridized carbons (Fsp3) is 0.0588. The summed E-state index contributed by atoms with van der Waals surface area (Å²) in [5.74, 6) is -0.226. The normalized spacial score (nSPS) is 12.0. The minimum absolute atomic E-state index is 0.105. The summed E-state index contributed by atoms with van der Waals surface area (Å²) in [6, 6.07) is 28.3. The zero-order valence-electron chi connectivity index (χ0n) is 24.8. The molecule has 234 valence electrons. The van der Waals surface area contributed by atoms with Gasteiger partial charge in [0.2, 0.25) is 0 Å². The maximum atomic E-state index is 12.8. The molecule has 10 nitrogen and oxygen atoms in total. The number of hydrogen-bond acceptors (Lipinski definition) is 8. The molecule has 0 aromatic heterocycles. The molecule has 4 N–H and O–H groups in total. The Morgan fingerprint density at radius 1 is 0.543 bits per heavy atom. The zero-order chi connectivity index (χ0) is 32.9. The number of benzene rings is 5. The van der Waals surface area contributed by atoms with Crippen LogP contribution < -0.4 is 9.44 Å². The van der Waals surface area contributed by atoms with Crippen molar-refractivity contribution < 1.29 is 27.0 Å². The molecule has 5 aromatic rings. The van der Waals surface area contributed by atoms with Crippen molar-refractivity contribution in [2.24, 2.45) is 9.98 Å². The van der Waals surface area contributed by atoms with Gasteiger partial charge >= 0.3 is 0 Å². The summed E-state index contributed by atoms with van der Waals surface area (Å²) in [5.41, 5.74) is 3.68. The van der Waals surface area contributed by atoms with Crippen LogP contribution in [0.2, 0.25) is 0 Å². The number of sulfonamides is 2. The lowest BCUT2D eigenvalue weighted by atomic mass is 10.2. The molecule has 0 heterocycles. The number of nitrogens with zero attached hydrogens (tertiary/aromatic N) is 2. The van der Waals surface area contributed by atoms with E-state index in [0.29, 0.717) is 11.4 Å². The summed E-state index contributed by atoms with van der Waals surface area (Å²) in [6.45, 7) is 3.72. The predicted molar refractivity (Wildman–Crippen MR) is 181 cm³/mol. The van der Waals surface area contributed by atoms with Crippen molar-refractivity contribution in [3.63, 3.8) is 0 Å². The number of aromatic hydroxyl groups is 2. The van der Waals surface area contributed by atoms with Crippen LogP contribution in [-0.2, 0) is 20.0 Å². The van der Waals surface area contributed by atoms with Gasteiger partial charge in [-0.05, 0) is 86.6 Å². The highest BCUT2D eigenvalue weighted by atomic mass is 32.2. The molecule has 0 amide bonds. The van der Waals surface area contributed by atoms with E-state index in [9.17, 15) is 27.0 Å². The van der Waals surface area contributed by atoms with E-state index in [1.165, 1.54) is 73.1 Å². The number of rotatable bonds is 10. The van der Waals surface area contributed by atoms with Gasteiger partial charge in [-0.2, -0.15) is 0 Å². The molecule has 0 bridgehead atoms. The molecule has 0 unspecified atom stereocenters. The number of hydrogen-bond donors (Lipinski definition) is 4. The first-order valence-electron chi connectivity index (χ1n) is 13.9. The Bertz CT molecular complexity index is 2010. The van der Waals surface area contributed by atoms with Crippen molar-refractivity contribution in [1.82, 2.24) is 0 Å². The number of phenolic OH excluding ortho intramolecular Hbond substituents is 2. The van der Waals surface area contributed by atoms with E-state index in [2.05, 4.69) is 19.4 Å². The lowest BCUT2D eigenvalue weighted by molar-refractivity contribution is 0.474. The first-order valence-corrected chi connectivity index (χ1v) is 16.9. The summed E-state index contributed by atoms with van der Waals surface area (Å²) in [6.07, 6.45) is 2.76. The van der Waals surface area contributed by atoms with Crippen LogP contribution in [0.15, 0.2) is 129 Å². The molecule has 0 fully saturated rings. The van der Waals surface area contributed by atoms with Crippen LogP contribution in [0.25, 0.3) is 0 Å². The van der Waals surface area contributed by atoms with Gasteiger partial charge in [-0.25, -0.2) is 16.8 Å². The van der Waals surface area contributed by atoms with Crippen molar-refractivity contribution in [2.45, 2.75) is 23.6 Å². The number of para-hydroxylation sites is 2. The summed E-state index contributed by atoms with van der Waals surface area (Å²) >= 11 is 0. The van der Waals surface area contributed by atoms with Crippen LogP contribution in [0.4, 0.5) is 22.7 Å². The molecule has 0 atom stereocenters. The van der Waals surface area contributed by atoms with Crippen LogP contribution in [0, 0.1) is 13.8 Å². The molecule has 0 aliphatic carbocycles. The molecule has 0 aliphatic rings. The fourth-order valence-corrected chi connectivity index (χ4v) is 6.37. The van der Waals surface area contributed by atoms with E-state index in [0.717, 1.165) is 11.1 Å². The third-order valence-corrected chi connectivity index (χ3v) is 9.58. The Labute approximate surface area is 267 Å². The lowest BCUT2D eigenvalue weighted by Crippen LogP contribution is -2.13. The van der Waals surface area contributed by atoms with Crippen molar-refractivity contribution >= 4 is 55.2 Å². The van der Waals surface area contributed by atoms with Crippen molar-refractivity contribution in [3.8, 4) is 11.5 Å². The van der Waals surface area contributed by atoms with Gasteiger partial charge in [0.25, 0.3) is 20.0 Å². The monoisotopic (exact) mass is 654 g/mol. The average Bonchev–Trinajstić information content (AvgIpc) is 3.02. The number of phenols is 2. The van der Waals surface area contributed by atoms with Gasteiger partial charge in [-0.3, -0.25) is 19.4 Å². The molecule has 5 aromatic carbocycles. The molecule has 5 rings (SSSR count). The van der Waals surface area contributed by atoms with Crippen LogP contribution >= 0.6 is 0 Å². The third-order valence-electron chi connectivity index (χ3n) is 6.79. The SMILES string of the molecule is Cc1ccc(S(=O)(=O)Nc2ccc(O)c(C=Nc3ccccc3N=Cc3cc(NS(=O)(=O)c4ccc(C)cc4)ccc3O)c2)cc1. The van der Waals surface area contributed by atoms with Gasteiger partial charge < -0.3 is 10.2 Å². The van der Waals surface area contributed by atoms with Crippen LogP contribution in [0.5, 0.6) is 11.5 Å². The average molecular weight is 655 g/mol. The van der Waals surface area contributed by atoms with Gasteiger partial charge in [0, 0.05) is 34.9 Å². The molecule has 0 saturated carbocycles. The highest BCUT2D eigenvalue weighted by molar-refractivity contribution is 7.93. The van der Waals surface area contributed by atoms with Gasteiger partial charge in [-0.15, -0.1) is 0 Å². The van der Waals surface area contributed by atoms with Gasteiger partial charge in [-0.1, -0.05) is 47.5 Å². The van der Waals surface area contributed by atoms with Gasteiger partial charge in [0.1, 0.15) is 11.5 Å². The Morgan fingerprint density at radius 2 is 0.913 bits per heavy atom. The molecule has 46 heavy (non-hydrogen) atoms. The summed E-state index contributed by atoms with van der Waals surface area (Å²) in [7, 11) is -7.71. The Morgan fingerprint density at radius 3 is 1.28 bits per heavy atom. The van der Waals surface area contributed by atoms with Crippen molar-refractivity contribution in [1.29, 1.82) is 0 Å². The largest absolute Gasteiger partial charge is 0.507 e. The van der Waals surface area contributed by atoms with Gasteiger partial charge in [0.05, 0.1) is 21.2 Å². The van der Waals surface area contributed by atoms with E-state index in [1.807, 2.05) is 13.8 Å². The molecular weight excluding hydrogens is 625 g/mol. The van der Waals surface area contributed by atoms with E-state index < -0.39 is 20.0 Å². The number of aliphatic imine (C=N–C) groups is 2. The highest BCUT2D eigenvalue weighted by Gasteiger charge is 2.16. The number of nitrogens with one attached hydrogen (secondary N) is 2.